The second-order valence-corrected chi connectivity index (χ2v) is 5.83. The molecule has 26 heavy (non-hydrogen) atoms. The monoisotopic (exact) mass is 361 g/mol. The molecule has 0 amide bonds. The maximum Gasteiger partial charge on any atom is 0.416 e. The molecule has 0 unspecified atom stereocenters. The third kappa shape index (κ3) is 5.23. The molecule has 0 bridgehead atoms. The number of hydrogen-bond acceptors (Lipinski definition) is 2. The molecule has 0 heterocycles. The molecule has 0 aliphatic rings. The van der Waals surface area contributed by atoms with Crippen LogP contribution in [0.4, 0.5) is 13.2 Å². The van der Waals surface area contributed by atoms with Gasteiger partial charge in [-0.25, -0.2) is 0 Å². The van der Waals surface area contributed by atoms with Crippen molar-refractivity contribution in [1.82, 2.24) is 0 Å². The smallest absolute Gasteiger partial charge is 0.416 e. The van der Waals surface area contributed by atoms with Gasteiger partial charge < -0.3 is 10.5 Å². The Balaban J connectivity index is 2.30. The summed E-state index contributed by atoms with van der Waals surface area (Å²) in [4.78, 5) is 0. The van der Waals surface area contributed by atoms with Crippen LogP contribution in [0.25, 0.3) is 6.08 Å². The third-order valence-electron chi connectivity index (χ3n) is 3.86. The van der Waals surface area contributed by atoms with Gasteiger partial charge in [0, 0.05) is 6.54 Å². The fourth-order valence-electron chi connectivity index (χ4n) is 2.38. The molecule has 2 rings (SSSR count). The number of benzene rings is 2. The van der Waals surface area contributed by atoms with E-state index in [4.69, 9.17) is 10.5 Å². The second-order valence-electron chi connectivity index (χ2n) is 5.83. The molecule has 0 atom stereocenters. The van der Waals surface area contributed by atoms with Gasteiger partial charge >= 0.3 is 6.18 Å². The highest BCUT2D eigenvalue weighted by molar-refractivity contribution is 5.60. The minimum atomic E-state index is -4.36. The highest BCUT2D eigenvalue weighted by Gasteiger charge is 2.30. The predicted octanol–water partition coefficient (Wildman–Crippen LogP) is 6.24. The van der Waals surface area contributed by atoms with E-state index in [2.05, 4.69) is 6.92 Å². The average molecular weight is 361 g/mol. The van der Waals surface area contributed by atoms with E-state index in [1.54, 1.807) is 0 Å². The van der Waals surface area contributed by atoms with E-state index >= 15 is 0 Å². The van der Waals surface area contributed by atoms with Crippen LogP contribution in [-0.4, -0.2) is 0 Å². The summed E-state index contributed by atoms with van der Waals surface area (Å²) in [6.07, 6.45) is 4.49. The molecule has 0 aliphatic carbocycles. The van der Waals surface area contributed by atoms with Gasteiger partial charge in [-0.05, 0) is 66.4 Å². The van der Waals surface area contributed by atoms with Gasteiger partial charge in [0.1, 0.15) is 11.5 Å². The Morgan fingerprint density at radius 1 is 1.08 bits per heavy atom. The second kappa shape index (κ2) is 8.72. The number of nitrogens with two attached hydrogens (primary N) is 1. The van der Waals surface area contributed by atoms with Crippen LogP contribution in [0.5, 0.6) is 11.5 Å². The van der Waals surface area contributed by atoms with E-state index < -0.39 is 11.7 Å². The number of halogens is 3. The van der Waals surface area contributed by atoms with Gasteiger partial charge in [0.05, 0.1) is 5.56 Å². The fourth-order valence-corrected chi connectivity index (χ4v) is 2.38. The Morgan fingerprint density at radius 3 is 2.35 bits per heavy atom. The Morgan fingerprint density at radius 2 is 1.77 bits per heavy atom. The summed E-state index contributed by atoms with van der Waals surface area (Å²) in [5.74, 6) is 0.919. The standard InChI is InChI=1S/C21H22F3NO/c1-3-4-5-6-7-17-12-16(14-25)13-20(15(17)2)26-19-10-8-18(9-11-19)21(22,23)24/h4-13H,3,14,25H2,1-2H3/b5-4+,7-6-. The Hall–Kier alpha value is -2.53. The van der Waals surface area contributed by atoms with Crippen molar-refractivity contribution in [3.05, 3.63) is 76.9 Å². The summed E-state index contributed by atoms with van der Waals surface area (Å²) in [6, 6.07) is 8.44. The molecule has 138 valence electrons. The fraction of sp³-hybridized carbons (Fsp3) is 0.238. The zero-order valence-corrected chi connectivity index (χ0v) is 14.8. The SMILES string of the molecule is CC/C=C/C=C\c1cc(CN)cc(Oc2ccc(C(F)(F)F)cc2)c1C. The first kappa shape index (κ1) is 19.8. The summed E-state index contributed by atoms with van der Waals surface area (Å²) in [7, 11) is 0. The van der Waals surface area contributed by atoms with E-state index in [1.165, 1.54) is 12.1 Å². The van der Waals surface area contributed by atoms with Gasteiger partial charge in [-0.2, -0.15) is 13.2 Å². The molecule has 0 fully saturated rings. The molecule has 2 nitrogen and oxygen atoms in total. The molecular weight excluding hydrogens is 339 g/mol. The van der Waals surface area contributed by atoms with Crippen molar-refractivity contribution in [2.45, 2.75) is 33.0 Å². The number of ether oxygens (including phenoxy) is 1. The molecule has 2 aromatic carbocycles. The summed E-state index contributed by atoms with van der Waals surface area (Å²) >= 11 is 0. The lowest BCUT2D eigenvalue weighted by Crippen LogP contribution is -2.04. The molecule has 0 radical (unpaired) electrons. The maximum absolute atomic E-state index is 12.7. The van der Waals surface area contributed by atoms with Crippen LogP contribution in [-0.2, 0) is 12.7 Å². The van der Waals surface area contributed by atoms with Gasteiger partial charge in [0.25, 0.3) is 0 Å². The van der Waals surface area contributed by atoms with Gasteiger partial charge in [0.2, 0.25) is 0 Å². The minimum absolute atomic E-state index is 0.343. The van der Waals surface area contributed by atoms with Crippen LogP contribution in [0.2, 0.25) is 0 Å². The van der Waals surface area contributed by atoms with Crippen molar-refractivity contribution in [2.24, 2.45) is 5.73 Å². The molecule has 2 N–H and O–H groups in total. The Labute approximate surface area is 151 Å². The molecule has 0 saturated carbocycles. The summed E-state index contributed by atoms with van der Waals surface area (Å²) in [5, 5.41) is 0. The largest absolute Gasteiger partial charge is 0.457 e. The first-order valence-corrected chi connectivity index (χ1v) is 8.37. The van der Waals surface area contributed by atoms with Crippen molar-refractivity contribution >= 4 is 6.08 Å². The predicted molar refractivity (Wildman–Crippen MR) is 99.1 cm³/mol. The maximum atomic E-state index is 12.7. The van der Waals surface area contributed by atoms with Crippen LogP contribution in [0.1, 0.15) is 35.6 Å². The van der Waals surface area contributed by atoms with E-state index in [0.717, 1.165) is 35.2 Å². The highest BCUT2D eigenvalue weighted by atomic mass is 19.4. The minimum Gasteiger partial charge on any atom is -0.457 e. The normalized spacial score (nSPS) is 12.2. The Kier molecular flexibility index (Phi) is 6.64. The number of allylic oxidation sites excluding steroid dienone is 3. The molecule has 2 aromatic rings. The van der Waals surface area contributed by atoms with Gasteiger partial charge in [-0.3, -0.25) is 0 Å². The number of rotatable bonds is 6. The quantitative estimate of drug-likeness (QED) is 0.618. The van der Waals surface area contributed by atoms with E-state index in [-0.39, 0.29) is 0 Å². The Bertz CT molecular complexity index is 790. The van der Waals surface area contributed by atoms with Crippen LogP contribution >= 0.6 is 0 Å². The lowest BCUT2D eigenvalue weighted by atomic mass is 10.0. The number of alkyl halides is 3. The van der Waals surface area contributed by atoms with Crippen LogP contribution in [0.15, 0.2) is 54.6 Å². The first-order chi connectivity index (χ1) is 12.3. The van der Waals surface area contributed by atoms with Crippen LogP contribution in [0, 0.1) is 6.92 Å². The van der Waals surface area contributed by atoms with E-state index in [9.17, 15) is 13.2 Å². The molecule has 0 aliphatic heterocycles. The average Bonchev–Trinajstić information content (AvgIpc) is 2.61. The molecular formula is C21H22F3NO. The topological polar surface area (TPSA) is 35.2 Å². The summed E-state index contributed by atoms with van der Waals surface area (Å²) in [5.41, 5.74) is 7.78. The third-order valence-corrected chi connectivity index (χ3v) is 3.86. The van der Waals surface area contributed by atoms with Crippen molar-refractivity contribution in [3.63, 3.8) is 0 Å². The van der Waals surface area contributed by atoms with E-state index in [0.29, 0.717) is 18.0 Å². The zero-order chi connectivity index (χ0) is 19.2. The van der Waals surface area contributed by atoms with Crippen LogP contribution in [0.3, 0.4) is 0 Å². The van der Waals surface area contributed by atoms with Gasteiger partial charge in [0.15, 0.2) is 0 Å². The molecule has 5 heteroatoms. The lowest BCUT2D eigenvalue weighted by Gasteiger charge is -2.14. The molecule has 0 spiro atoms. The first-order valence-electron chi connectivity index (χ1n) is 8.37. The van der Waals surface area contributed by atoms with Crippen molar-refractivity contribution in [2.75, 3.05) is 0 Å². The molecule has 0 saturated heterocycles. The van der Waals surface area contributed by atoms with Gasteiger partial charge in [-0.1, -0.05) is 31.2 Å². The van der Waals surface area contributed by atoms with Crippen molar-refractivity contribution in [3.8, 4) is 11.5 Å². The summed E-state index contributed by atoms with van der Waals surface area (Å²) < 4.78 is 43.8. The number of hydrogen-bond donors (Lipinski definition) is 1. The zero-order valence-electron chi connectivity index (χ0n) is 14.8. The lowest BCUT2D eigenvalue weighted by molar-refractivity contribution is -0.137. The van der Waals surface area contributed by atoms with Crippen molar-refractivity contribution in [1.29, 1.82) is 0 Å². The van der Waals surface area contributed by atoms with Crippen molar-refractivity contribution < 1.29 is 17.9 Å². The van der Waals surface area contributed by atoms with E-state index in [1.807, 2.05) is 43.4 Å². The highest BCUT2D eigenvalue weighted by Crippen LogP contribution is 2.33. The molecule has 0 aromatic heterocycles. The van der Waals surface area contributed by atoms with Crippen LogP contribution < -0.4 is 10.5 Å². The summed E-state index contributed by atoms with van der Waals surface area (Å²) in [6.45, 7) is 4.30. The van der Waals surface area contributed by atoms with Gasteiger partial charge in [-0.15, -0.1) is 0 Å².